The van der Waals surface area contributed by atoms with Gasteiger partial charge in [-0.05, 0) is 76.5 Å². The Morgan fingerprint density at radius 3 is 2.23 bits per heavy atom. The molecular formula is C34H31N3O6S. The van der Waals surface area contributed by atoms with Gasteiger partial charge in [-0.25, -0.2) is 13.8 Å². The van der Waals surface area contributed by atoms with Crippen LogP contribution in [-0.2, 0) is 21.4 Å². The molecule has 224 valence electrons. The Bertz CT molecular complexity index is 1880. The number of carbonyl (C=O) groups excluding carboxylic acids is 1. The molecule has 1 amide bonds. The number of hydrazone groups is 1. The fraction of sp³-hybridized carbons (Fsp3) is 0.118. The molecule has 0 fully saturated rings. The molecular weight excluding hydrogens is 578 g/mol. The summed E-state index contributed by atoms with van der Waals surface area (Å²) in [7, 11) is -1.28. The van der Waals surface area contributed by atoms with Crippen LogP contribution in [0, 0.1) is 0 Å². The standard InChI is InChI=1S/C34H31N3O6S/c1-41-32-19-18-31(21-33(32)42-2)44(39,40)37(29-10-4-3-5-11-29)23-34(38)36-35-22-25-13-16-30(17-14-25)43-24-26-12-15-27-8-6-7-9-28(27)20-26/h3-22H,23-24H2,1-2H3,(H,36,38)/b35-22-. The van der Waals surface area contributed by atoms with E-state index < -0.39 is 22.5 Å². The second-order valence-corrected chi connectivity index (χ2v) is 11.6. The summed E-state index contributed by atoms with van der Waals surface area (Å²) < 4.78 is 44.8. The highest BCUT2D eigenvalue weighted by molar-refractivity contribution is 7.92. The van der Waals surface area contributed by atoms with Crippen LogP contribution >= 0.6 is 0 Å². The molecule has 0 spiro atoms. The molecule has 44 heavy (non-hydrogen) atoms. The van der Waals surface area contributed by atoms with Gasteiger partial charge in [-0.1, -0.05) is 54.6 Å². The number of hydrogen-bond donors (Lipinski definition) is 1. The van der Waals surface area contributed by atoms with E-state index in [-0.39, 0.29) is 10.6 Å². The molecule has 5 rings (SSSR count). The van der Waals surface area contributed by atoms with Crippen LogP contribution in [0.4, 0.5) is 5.69 Å². The lowest BCUT2D eigenvalue weighted by Crippen LogP contribution is -2.39. The Balaban J connectivity index is 1.22. The summed E-state index contributed by atoms with van der Waals surface area (Å²) >= 11 is 0. The molecule has 5 aromatic rings. The molecule has 0 radical (unpaired) electrons. The summed E-state index contributed by atoms with van der Waals surface area (Å²) in [6.45, 7) is -0.0714. The average molecular weight is 610 g/mol. The number of anilines is 1. The number of sulfonamides is 1. The highest BCUT2D eigenvalue weighted by Gasteiger charge is 2.28. The molecule has 1 N–H and O–H groups in total. The fourth-order valence-corrected chi connectivity index (χ4v) is 5.94. The first kappa shape index (κ1) is 30.1. The van der Waals surface area contributed by atoms with Crippen LogP contribution in [0.25, 0.3) is 10.8 Å². The molecule has 0 heterocycles. The van der Waals surface area contributed by atoms with Gasteiger partial charge in [0, 0.05) is 6.07 Å². The van der Waals surface area contributed by atoms with Crippen molar-refractivity contribution in [1.29, 1.82) is 0 Å². The lowest BCUT2D eigenvalue weighted by molar-refractivity contribution is -0.119. The van der Waals surface area contributed by atoms with E-state index in [2.05, 4.69) is 34.8 Å². The van der Waals surface area contributed by atoms with Crippen molar-refractivity contribution in [2.24, 2.45) is 5.10 Å². The summed E-state index contributed by atoms with van der Waals surface area (Å²) in [6, 6.07) is 34.3. The maximum absolute atomic E-state index is 13.7. The molecule has 5 aromatic carbocycles. The van der Waals surface area contributed by atoms with Crippen molar-refractivity contribution >= 4 is 38.6 Å². The predicted molar refractivity (Wildman–Crippen MR) is 171 cm³/mol. The van der Waals surface area contributed by atoms with Gasteiger partial charge in [0.2, 0.25) is 0 Å². The number of rotatable bonds is 12. The van der Waals surface area contributed by atoms with Gasteiger partial charge < -0.3 is 14.2 Å². The fourth-order valence-electron chi connectivity index (χ4n) is 4.50. The predicted octanol–water partition coefficient (Wildman–Crippen LogP) is 5.78. The quantitative estimate of drug-likeness (QED) is 0.142. The van der Waals surface area contributed by atoms with E-state index in [4.69, 9.17) is 14.2 Å². The minimum Gasteiger partial charge on any atom is -0.493 e. The van der Waals surface area contributed by atoms with Crippen LogP contribution in [0.15, 0.2) is 125 Å². The monoisotopic (exact) mass is 609 g/mol. The molecule has 0 saturated carbocycles. The Hall–Kier alpha value is -5.35. The van der Waals surface area contributed by atoms with Crippen molar-refractivity contribution < 1.29 is 27.4 Å². The molecule has 0 unspecified atom stereocenters. The third kappa shape index (κ3) is 7.16. The maximum Gasteiger partial charge on any atom is 0.264 e. The number of benzene rings is 5. The third-order valence-electron chi connectivity index (χ3n) is 6.78. The Morgan fingerprint density at radius 2 is 1.50 bits per heavy atom. The zero-order chi connectivity index (χ0) is 30.9. The van der Waals surface area contributed by atoms with Gasteiger partial charge in [-0.15, -0.1) is 0 Å². The minimum absolute atomic E-state index is 0.0572. The number of carbonyl (C=O) groups is 1. The summed E-state index contributed by atoms with van der Waals surface area (Å²) in [4.78, 5) is 12.8. The van der Waals surface area contributed by atoms with Crippen molar-refractivity contribution in [2.75, 3.05) is 25.1 Å². The first-order valence-corrected chi connectivity index (χ1v) is 15.1. The van der Waals surface area contributed by atoms with E-state index in [1.165, 1.54) is 44.0 Å². The van der Waals surface area contributed by atoms with Crippen molar-refractivity contribution in [1.82, 2.24) is 5.43 Å². The molecule has 0 aromatic heterocycles. The summed E-state index contributed by atoms with van der Waals surface area (Å²) in [5, 5.41) is 6.36. The van der Waals surface area contributed by atoms with Crippen molar-refractivity contribution in [3.8, 4) is 17.2 Å². The van der Waals surface area contributed by atoms with Crippen LogP contribution in [0.2, 0.25) is 0 Å². The minimum atomic E-state index is -4.15. The number of para-hydroxylation sites is 1. The zero-order valence-electron chi connectivity index (χ0n) is 24.2. The molecule has 9 nitrogen and oxygen atoms in total. The van der Waals surface area contributed by atoms with E-state index in [0.29, 0.717) is 23.8 Å². The van der Waals surface area contributed by atoms with Crippen LogP contribution in [0.1, 0.15) is 11.1 Å². The largest absolute Gasteiger partial charge is 0.493 e. The molecule has 0 aliphatic carbocycles. The van der Waals surface area contributed by atoms with E-state index in [1.807, 2.05) is 42.5 Å². The average Bonchev–Trinajstić information content (AvgIpc) is 3.06. The second kappa shape index (κ2) is 13.7. The Morgan fingerprint density at radius 1 is 0.795 bits per heavy atom. The molecule has 0 atom stereocenters. The summed E-state index contributed by atoms with van der Waals surface area (Å²) in [5.41, 5.74) is 4.53. The number of ether oxygens (including phenoxy) is 3. The molecule has 0 aliphatic rings. The number of hydrogen-bond acceptors (Lipinski definition) is 7. The number of fused-ring (bicyclic) bond motifs is 1. The van der Waals surface area contributed by atoms with Gasteiger partial charge in [0.15, 0.2) is 11.5 Å². The lowest BCUT2D eigenvalue weighted by atomic mass is 10.1. The highest BCUT2D eigenvalue weighted by atomic mass is 32.2. The smallest absolute Gasteiger partial charge is 0.264 e. The van der Waals surface area contributed by atoms with E-state index >= 15 is 0 Å². The van der Waals surface area contributed by atoms with E-state index in [1.54, 1.807) is 30.3 Å². The topological polar surface area (TPSA) is 107 Å². The molecule has 0 aliphatic heterocycles. The number of amides is 1. The van der Waals surface area contributed by atoms with Crippen molar-refractivity contribution in [3.63, 3.8) is 0 Å². The Labute approximate surface area is 256 Å². The normalized spacial score (nSPS) is 11.3. The molecule has 10 heteroatoms. The number of nitrogens with zero attached hydrogens (tertiary/aromatic N) is 2. The van der Waals surface area contributed by atoms with Crippen LogP contribution in [-0.4, -0.2) is 41.3 Å². The first-order valence-electron chi connectivity index (χ1n) is 13.7. The second-order valence-electron chi connectivity index (χ2n) is 9.70. The third-order valence-corrected chi connectivity index (χ3v) is 8.55. The molecule has 0 saturated heterocycles. The highest BCUT2D eigenvalue weighted by Crippen LogP contribution is 2.32. The first-order chi connectivity index (χ1) is 21.4. The Kier molecular flexibility index (Phi) is 9.41. The van der Waals surface area contributed by atoms with E-state index in [9.17, 15) is 13.2 Å². The summed E-state index contributed by atoms with van der Waals surface area (Å²) in [6.07, 6.45) is 1.47. The van der Waals surface area contributed by atoms with Gasteiger partial charge in [0.1, 0.15) is 18.9 Å². The SMILES string of the molecule is COc1ccc(S(=O)(=O)N(CC(=O)N/N=C\c2ccc(OCc3ccc4ccccc4c3)cc2)c2ccccc2)cc1OC. The number of nitrogens with one attached hydrogen (secondary N) is 1. The van der Waals surface area contributed by atoms with Crippen molar-refractivity contribution in [2.45, 2.75) is 11.5 Å². The van der Waals surface area contributed by atoms with Gasteiger partial charge in [0.25, 0.3) is 15.9 Å². The number of methoxy groups -OCH3 is 2. The molecule has 0 bridgehead atoms. The zero-order valence-corrected chi connectivity index (χ0v) is 25.0. The van der Waals surface area contributed by atoms with E-state index in [0.717, 1.165) is 20.8 Å². The van der Waals surface area contributed by atoms with Crippen LogP contribution in [0.5, 0.6) is 17.2 Å². The van der Waals surface area contributed by atoms with Gasteiger partial charge in [0.05, 0.1) is 31.0 Å². The van der Waals surface area contributed by atoms with Gasteiger partial charge in [-0.3, -0.25) is 9.10 Å². The van der Waals surface area contributed by atoms with Gasteiger partial charge >= 0.3 is 0 Å². The van der Waals surface area contributed by atoms with Crippen molar-refractivity contribution in [3.05, 3.63) is 126 Å². The van der Waals surface area contributed by atoms with Gasteiger partial charge in [-0.2, -0.15) is 5.10 Å². The van der Waals surface area contributed by atoms with Crippen LogP contribution in [0.3, 0.4) is 0 Å². The maximum atomic E-state index is 13.7. The van der Waals surface area contributed by atoms with Crippen LogP contribution < -0.4 is 23.9 Å². The lowest BCUT2D eigenvalue weighted by Gasteiger charge is -2.24. The summed E-state index contributed by atoms with van der Waals surface area (Å²) in [5.74, 6) is 0.706.